The van der Waals surface area contributed by atoms with Crippen molar-refractivity contribution in [2.24, 2.45) is 0 Å². The van der Waals surface area contributed by atoms with Gasteiger partial charge in [0.1, 0.15) is 0 Å². The zero-order chi connectivity index (χ0) is 20.8. The van der Waals surface area contributed by atoms with Crippen LogP contribution in [0.2, 0.25) is 0 Å². The van der Waals surface area contributed by atoms with E-state index in [1.165, 1.54) is 38.9 Å². The Kier molecular flexibility index (Phi) is 6.39. The largest absolute Gasteiger partial charge is 0.261 e. The molecule has 1 nitrogen and oxygen atoms in total. The van der Waals surface area contributed by atoms with Gasteiger partial charge in [-0.2, -0.15) is 0 Å². The van der Waals surface area contributed by atoms with Crippen molar-refractivity contribution in [2.45, 2.75) is 39.5 Å². The van der Waals surface area contributed by atoms with Crippen LogP contribution in [0, 0.1) is 6.92 Å². The van der Waals surface area contributed by atoms with Crippen LogP contribution < -0.4 is 0 Å². The van der Waals surface area contributed by atoms with E-state index in [-0.39, 0.29) is 0 Å². The van der Waals surface area contributed by atoms with Gasteiger partial charge in [-0.15, -0.1) is 0 Å². The maximum absolute atomic E-state index is 4.51. The Bertz CT molecular complexity index is 1060. The normalized spacial score (nSPS) is 10.9. The molecule has 0 saturated heterocycles. The minimum Gasteiger partial charge on any atom is -0.261 e. The number of aromatic nitrogens is 1. The lowest BCUT2D eigenvalue weighted by atomic mass is 9.98. The highest BCUT2D eigenvalue weighted by Crippen LogP contribution is 2.16. The van der Waals surface area contributed by atoms with Crippen LogP contribution in [0.3, 0.4) is 0 Å². The Morgan fingerprint density at radius 2 is 0.900 bits per heavy atom. The van der Waals surface area contributed by atoms with Gasteiger partial charge in [-0.1, -0.05) is 85.8 Å². The molecule has 0 bridgehead atoms. The van der Waals surface area contributed by atoms with E-state index in [1.807, 2.05) is 6.20 Å². The second-order valence-electron chi connectivity index (χ2n) is 8.16. The summed E-state index contributed by atoms with van der Waals surface area (Å²) in [7, 11) is 0. The molecule has 0 atom stereocenters. The van der Waals surface area contributed by atoms with Crippen molar-refractivity contribution in [3.8, 4) is 0 Å². The van der Waals surface area contributed by atoms with Gasteiger partial charge < -0.3 is 0 Å². The summed E-state index contributed by atoms with van der Waals surface area (Å²) in [5, 5.41) is 0. The molecular formula is C29H29N. The monoisotopic (exact) mass is 391 g/mol. The predicted molar refractivity (Wildman–Crippen MR) is 126 cm³/mol. The van der Waals surface area contributed by atoms with Crippen molar-refractivity contribution in [1.29, 1.82) is 0 Å². The smallest absolute Gasteiger partial charge is 0.0447 e. The van der Waals surface area contributed by atoms with Crippen molar-refractivity contribution >= 4 is 0 Å². The zero-order valence-electron chi connectivity index (χ0n) is 17.9. The first kappa shape index (κ1) is 20.1. The Labute approximate surface area is 180 Å². The molecule has 0 aliphatic carbocycles. The van der Waals surface area contributed by atoms with E-state index in [9.17, 15) is 0 Å². The molecule has 30 heavy (non-hydrogen) atoms. The number of aryl methyl sites for hydroxylation is 2. The summed E-state index contributed by atoms with van der Waals surface area (Å²) >= 11 is 0. The molecule has 0 unspecified atom stereocenters. The lowest BCUT2D eigenvalue weighted by Crippen LogP contribution is -1.94. The van der Waals surface area contributed by atoms with Gasteiger partial charge in [0, 0.05) is 18.3 Å². The minimum absolute atomic E-state index is 0.883. The van der Waals surface area contributed by atoms with E-state index in [2.05, 4.69) is 104 Å². The number of nitrogens with zero attached hydrogens (tertiary/aromatic N) is 1. The lowest BCUT2D eigenvalue weighted by Gasteiger charge is -2.07. The molecule has 0 aliphatic rings. The van der Waals surface area contributed by atoms with Gasteiger partial charge in [0.15, 0.2) is 0 Å². The summed E-state index contributed by atoms with van der Waals surface area (Å²) in [6, 6.07) is 31.2. The maximum atomic E-state index is 4.51. The molecule has 4 aromatic rings. The summed E-state index contributed by atoms with van der Waals surface area (Å²) in [4.78, 5) is 4.51. The van der Waals surface area contributed by atoms with Crippen LogP contribution in [0.1, 0.15) is 51.6 Å². The van der Waals surface area contributed by atoms with Gasteiger partial charge in [-0.3, -0.25) is 4.98 Å². The maximum Gasteiger partial charge on any atom is 0.0447 e. The van der Waals surface area contributed by atoms with E-state index in [0.29, 0.717) is 0 Å². The molecule has 0 fully saturated rings. The molecule has 0 aliphatic heterocycles. The quantitative estimate of drug-likeness (QED) is 0.340. The van der Waals surface area contributed by atoms with Crippen LogP contribution in [0.5, 0.6) is 0 Å². The lowest BCUT2D eigenvalue weighted by molar-refractivity contribution is 1.06. The predicted octanol–water partition coefficient (Wildman–Crippen LogP) is 6.72. The molecule has 0 saturated carbocycles. The number of hydrogen-bond donors (Lipinski definition) is 0. The summed E-state index contributed by atoms with van der Waals surface area (Å²) in [6.07, 6.45) is 5.88. The molecule has 1 aromatic heterocycles. The fraction of sp³-hybridized carbons (Fsp3) is 0.207. The van der Waals surface area contributed by atoms with Crippen LogP contribution in [0.25, 0.3) is 0 Å². The Morgan fingerprint density at radius 3 is 1.27 bits per heavy atom. The third-order valence-electron chi connectivity index (χ3n) is 5.65. The van der Waals surface area contributed by atoms with Gasteiger partial charge in [0.2, 0.25) is 0 Å². The van der Waals surface area contributed by atoms with Crippen LogP contribution in [-0.4, -0.2) is 4.98 Å². The van der Waals surface area contributed by atoms with Crippen LogP contribution in [0.15, 0.2) is 91.1 Å². The van der Waals surface area contributed by atoms with Crippen molar-refractivity contribution < 1.29 is 0 Å². The molecule has 0 spiro atoms. The van der Waals surface area contributed by atoms with Crippen LogP contribution in [-0.2, 0) is 25.7 Å². The second-order valence-corrected chi connectivity index (χ2v) is 8.16. The molecule has 0 N–H and O–H groups in total. The Hall–Kier alpha value is -3.19. The van der Waals surface area contributed by atoms with E-state index in [4.69, 9.17) is 0 Å². The molecular weight excluding hydrogens is 362 g/mol. The fourth-order valence-electron chi connectivity index (χ4n) is 3.73. The van der Waals surface area contributed by atoms with Crippen molar-refractivity contribution in [3.63, 3.8) is 0 Å². The van der Waals surface area contributed by atoms with E-state index < -0.39 is 0 Å². The number of rotatable bonds is 7. The summed E-state index contributed by atoms with van der Waals surface area (Å²) in [5.74, 6) is 0. The average Bonchev–Trinajstić information content (AvgIpc) is 2.78. The molecule has 3 aromatic carbocycles. The molecule has 0 amide bonds. The topological polar surface area (TPSA) is 12.9 Å². The zero-order valence-corrected chi connectivity index (χ0v) is 17.9. The molecule has 1 heterocycles. The number of benzene rings is 3. The van der Waals surface area contributed by atoms with Crippen molar-refractivity contribution in [3.05, 3.63) is 136 Å². The van der Waals surface area contributed by atoms with Gasteiger partial charge in [-0.25, -0.2) is 0 Å². The molecule has 0 radical (unpaired) electrons. The average molecular weight is 392 g/mol. The first-order valence-corrected chi connectivity index (χ1v) is 10.8. The van der Waals surface area contributed by atoms with Gasteiger partial charge in [0.05, 0.1) is 0 Å². The van der Waals surface area contributed by atoms with E-state index in [1.54, 1.807) is 0 Å². The summed E-state index contributed by atoms with van der Waals surface area (Å²) in [6.45, 7) is 4.27. The number of hydrogen-bond acceptors (Lipinski definition) is 1. The highest BCUT2D eigenvalue weighted by Gasteiger charge is 2.02. The van der Waals surface area contributed by atoms with E-state index >= 15 is 0 Å². The summed E-state index contributed by atoms with van der Waals surface area (Å²) < 4.78 is 0. The highest BCUT2D eigenvalue weighted by atomic mass is 14.7. The Morgan fingerprint density at radius 1 is 0.500 bits per heavy atom. The van der Waals surface area contributed by atoms with Gasteiger partial charge in [-0.05, 0) is 71.2 Å². The summed E-state index contributed by atoms with van der Waals surface area (Å²) in [5.41, 5.74) is 10.5. The highest BCUT2D eigenvalue weighted by molar-refractivity contribution is 5.34. The molecule has 4 rings (SSSR count). The fourth-order valence-corrected chi connectivity index (χ4v) is 3.73. The third-order valence-corrected chi connectivity index (χ3v) is 5.65. The SMILES string of the molecule is CCc1ccc(Cc2ccc(Cc3ccc(Cc4ccc(C)cn4)cc3)cc2)cc1. The van der Waals surface area contributed by atoms with Crippen molar-refractivity contribution in [2.75, 3.05) is 0 Å². The first-order valence-electron chi connectivity index (χ1n) is 10.8. The molecule has 150 valence electrons. The van der Waals surface area contributed by atoms with Crippen LogP contribution >= 0.6 is 0 Å². The van der Waals surface area contributed by atoms with Gasteiger partial charge >= 0.3 is 0 Å². The third kappa shape index (κ3) is 5.45. The number of pyridine rings is 1. The standard InChI is InChI=1S/C29H29N/c1-3-23-5-7-24(8-6-23)18-25-9-11-26(12-10-25)19-27-13-15-28(16-14-27)20-29-17-4-22(2)21-30-29/h4-17,21H,3,18-20H2,1-2H3. The van der Waals surface area contributed by atoms with Crippen LogP contribution in [0.4, 0.5) is 0 Å². The van der Waals surface area contributed by atoms with E-state index in [0.717, 1.165) is 31.4 Å². The second kappa shape index (κ2) is 9.54. The first-order chi connectivity index (χ1) is 14.7. The Balaban J connectivity index is 1.35. The minimum atomic E-state index is 0.883. The molecule has 1 heteroatoms. The van der Waals surface area contributed by atoms with Gasteiger partial charge in [0.25, 0.3) is 0 Å². The van der Waals surface area contributed by atoms with Crippen molar-refractivity contribution in [1.82, 2.24) is 4.98 Å².